The lowest BCUT2D eigenvalue weighted by atomic mass is 10.0. The van der Waals surface area contributed by atoms with Gasteiger partial charge in [0.25, 0.3) is 0 Å². The molecule has 0 saturated heterocycles. The van der Waals surface area contributed by atoms with Crippen LogP contribution >= 0.6 is 11.6 Å². The van der Waals surface area contributed by atoms with Crippen LogP contribution in [0.25, 0.3) is 11.1 Å². The van der Waals surface area contributed by atoms with Crippen LogP contribution in [0, 0.1) is 11.3 Å². The highest BCUT2D eigenvalue weighted by atomic mass is 35.5. The second-order valence-electron chi connectivity index (χ2n) is 8.71. The van der Waals surface area contributed by atoms with E-state index in [4.69, 9.17) is 26.0 Å². The molecule has 0 aliphatic heterocycles. The number of amides is 1. The summed E-state index contributed by atoms with van der Waals surface area (Å²) < 4.78 is 11.3. The molecule has 0 fully saturated rings. The number of aromatic nitrogens is 1. The summed E-state index contributed by atoms with van der Waals surface area (Å²) in [6.07, 6.45) is 2.54. The number of carbonyl (C=O) groups is 1. The molecule has 3 rings (SSSR count). The Morgan fingerprint density at radius 2 is 1.94 bits per heavy atom. The first-order chi connectivity index (χ1) is 15.7. The number of carbonyl (C=O) groups excluding carboxylic acids is 1. The summed E-state index contributed by atoms with van der Waals surface area (Å²) in [6, 6.07) is 17.8. The van der Waals surface area contributed by atoms with E-state index in [0.29, 0.717) is 49.0 Å². The fourth-order valence-corrected chi connectivity index (χ4v) is 3.59. The number of ether oxygens (including phenoxy) is 1. The van der Waals surface area contributed by atoms with Gasteiger partial charge in [-0.2, -0.15) is 5.26 Å². The normalized spacial score (nSPS) is 11.1. The quantitative estimate of drug-likeness (QED) is 0.383. The minimum Gasteiger partial charge on any atom is -0.446 e. The van der Waals surface area contributed by atoms with E-state index in [1.54, 1.807) is 11.1 Å². The van der Waals surface area contributed by atoms with Crippen LogP contribution in [0.5, 0.6) is 0 Å². The molecule has 0 N–H and O–H groups in total. The van der Waals surface area contributed by atoms with Gasteiger partial charge in [-0.3, -0.25) is 0 Å². The van der Waals surface area contributed by atoms with Gasteiger partial charge in [-0.15, -0.1) is 0 Å². The zero-order valence-electron chi connectivity index (χ0n) is 19.2. The zero-order chi connectivity index (χ0) is 23.8. The third-order valence-corrected chi connectivity index (χ3v) is 5.14. The first kappa shape index (κ1) is 24.3. The average Bonchev–Trinajstić information content (AvgIpc) is 3.22. The molecule has 7 heteroatoms. The molecule has 0 saturated carbocycles. The summed E-state index contributed by atoms with van der Waals surface area (Å²) in [6.45, 7) is 6.22. The number of hydrogen-bond acceptors (Lipinski definition) is 5. The van der Waals surface area contributed by atoms with E-state index in [1.807, 2.05) is 69.3 Å². The van der Waals surface area contributed by atoms with Crippen LogP contribution in [0.2, 0.25) is 5.02 Å². The Balaban J connectivity index is 1.74. The van der Waals surface area contributed by atoms with Gasteiger partial charge in [-0.1, -0.05) is 54.1 Å². The Hall–Kier alpha value is -3.30. The van der Waals surface area contributed by atoms with Crippen LogP contribution in [-0.2, 0) is 24.1 Å². The van der Waals surface area contributed by atoms with Crippen molar-refractivity contribution in [1.82, 2.24) is 9.88 Å². The summed E-state index contributed by atoms with van der Waals surface area (Å²) in [5.74, 6) is 1.19. The molecule has 0 spiro atoms. The SMILES string of the molecule is CC(C)(C)OC(=O)N(CCc1ncc(CCC#N)o1)Cc1ccc(-c2ccccc2)c(Cl)c1. The molecule has 2 aromatic carbocycles. The Morgan fingerprint density at radius 3 is 2.61 bits per heavy atom. The van der Waals surface area contributed by atoms with E-state index < -0.39 is 11.7 Å². The molecule has 172 valence electrons. The highest BCUT2D eigenvalue weighted by Gasteiger charge is 2.23. The van der Waals surface area contributed by atoms with Crippen molar-refractivity contribution in [2.45, 2.75) is 52.2 Å². The fraction of sp³-hybridized carbons (Fsp3) is 0.346. The molecule has 1 aromatic heterocycles. The van der Waals surface area contributed by atoms with E-state index >= 15 is 0 Å². The molecule has 33 heavy (non-hydrogen) atoms. The summed E-state index contributed by atoms with van der Waals surface area (Å²) in [5, 5.41) is 9.35. The number of rotatable bonds is 8. The van der Waals surface area contributed by atoms with Crippen LogP contribution in [-0.4, -0.2) is 28.1 Å². The van der Waals surface area contributed by atoms with Gasteiger partial charge in [0.2, 0.25) is 0 Å². The number of hydrogen-bond donors (Lipinski definition) is 0. The topological polar surface area (TPSA) is 79.4 Å². The van der Waals surface area contributed by atoms with Crippen molar-refractivity contribution in [2.75, 3.05) is 6.54 Å². The lowest BCUT2D eigenvalue weighted by Crippen LogP contribution is -2.37. The lowest BCUT2D eigenvalue weighted by molar-refractivity contribution is 0.0233. The maximum absolute atomic E-state index is 12.9. The molecule has 0 unspecified atom stereocenters. The molecule has 6 nitrogen and oxygen atoms in total. The highest BCUT2D eigenvalue weighted by Crippen LogP contribution is 2.29. The van der Waals surface area contributed by atoms with Gasteiger partial charge in [0, 0.05) is 42.9 Å². The van der Waals surface area contributed by atoms with Gasteiger partial charge < -0.3 is 14.1 Å². The van der Waals surface area contributed by atoms with Crippen LogP contribution in [0.3, 0.4) is 0 Å². The Morgan fingerprint density at radius 1 is 1.18 bits per heavy atom. The number of benzene rings is 2. The number of halogens is 1. The summed E-state index contributed by atoms with van der Waals surface area (Å²) in [7, 11) is 0. The van der Waals surface area contributed by atoms with Crippen molar-refractivity contribution >= 4 is 17.7 Å². The van der Waals surface area contributed by atoms with Crippen molar-refractivity contribution in [3.8, 4) is 17.2 Å². The van der Waals surface area contributed by atoms with E-state index in [1.165, 1.54) is 0 Å². The molecule has 0 radical (unpaired) electrons. The summed E-state index contributed by atoms with van der Waals surface area (Å²) in [4.78, 5) is 18.8. The van der Waals surface area contributed by atoms with E-state index in [0.717, 1.165) is 16.7 Å². The molecule has 1 amide bonds. The van der Waals surface area contributed by atoms with Gasteiger partial charge in [0.15, 0.2) is 5.89 Å². The fourth-order valence-electron chi connectivity index (χ4n) is 3.28. The molecule has 0 bridgehead atoms. The summed E-state index contributed by atoms with van der Waals surface area (Å²) >= 11 is 6.57. The van der Waals surface area contributed by atoms with Crippen molar-refractivity contribution in [1.29, 1.82) is 5.26 Å². The standard InChI is InChI=1S/C26H28ClN3O3/c1-26(2,3)33-25(31)30(15-13-24-29-17-21(32-24)10-7-14-28)18-19-11-12-22(23(27)16-19)20-8-5-4-6-9-20/h4-6,8-9,11-12,16-17H,7,10,13,15,18H2,1-3H3. The van der Waals surface area contributed by atoms with Crippen LogP contribution in [0.15, 0.2) is 59.1 Å². The van der Waals surface area contributed by atoms with Gasteiger partial charge >= 0.3 is 6.09 Å². The van der Waals surface area contributed by atoms with Gasteiger partial charge in [-0.25, -0.2) is 9.78 Å². The number of aryl methyl sites for hydroxylation is 1. The zero-order valence-corrected chi connectivity index (χ0v) is 19.9. The van der Waals surface area contributed by atoms with Crippen molar-refractivity contribution in [3.63, 3.8) is 0 Å². The largest absolute Gasteiger partial charge is 0.446 e. The molecule has 0 atom stereocenters. The van der Waals surface area contributed by atoms with Crippen molar-refractivity contribution in [2.24, 2.45) is 0 Å². The van der Waals surface area contributed by atoms with Gasteiger partial charge in [-0.05, 0) is 38.0 Å². The van der Waals surface area contributed by atoms with Crippen LogP contribution < -0.4 is 0 Å². The third kappa shape index (κ3) is 7.37. The average molecular weight is 466 g/mol. The smallest absolute Gasteiger partial charge is 0.410 e. The minimum absolute atomic E-state index is 0.339. The van der Waals surface area contributed by atoms with Crippen LogP contribution in [0.4, 0.5) is 4.79 Å². The summed E-state index contributed by atoms with van der Waals surface area (Å²) in [5.41, 5.74) is 2.26. The second kappa shape index (κ2) is 11.0. The maximum atomic E-state index is 12.9. The van der Waals surface area contributed by atoms with Gasteiger partial charge in [0.1, 0.15) is 11.4 Å². The molecule has 0 aliphatic rings. The molecule has 0 aliphatic carbocycles. The Bertz CT molecular complexity index is 1110. The molecule has 3 aromatic rings. The first-order valence-electron chi connectivity index (χ1n) is 10.9. The Kier molecular flexibility index (Phi) is 8.13. The van der Waals surface area contributed by atoms with E-state index in [-0.39, 0.29) is 0 Å². The number of nitriles is 1. The minimum atomic E-state index is -0.614. The third-order valence-electron chi connectivity index (χ3n) is 4.82. The number of oxazole rings is 1. The number of nitrogens with zero attached hydrogens (tertiary/aromatic N) is 3. The highest BCUT2D eigenvalue weighted by molar-refractivity contribution is 6.33. The molecule has 1 heterocycles. The first-order valence-corrected chi connectivity index (χ1v) is 11.3. The Labute approximate surface area is 199 Å². The molecular formula is C26H28ClN3O3. The van der Waals surface area contributed by atoms with E-state index in [2.05, 4.69) is 11.1 Å². The van der Waals surface area contributed by atoms with Crippen molar-refractivity contribution in [3.05, 3.63) is 77.0 Å². The lowest BCUT2D eigenvalue weighted by Gasteiger charge is -2.27. The van der Waals surface area contributed by atoms with Crippen molar-refractivity contribution < 1.29 is 13.9 Å². The van der Waals surface area contributed by atoms with Crippen LogP contribution in [0.1, 0.15) is 44.4 Å². The maximum Gasteiger partial charge on any atom is 0.410 e. The molecular weight excluding hydrogens is 438 g/mol. The predicted molar refractivity (Wildman–Crippen MR) is 128 cm³/mol. The monoisotopic (exact) mass is 465 g/mol. The second-order valence-corrected chi connectivity index (χ2v) is 9.12. The van der Waals surface area contributed by atoms with E-state index in [9.17, 15) is 4.79 Å². The van der Waals surface area contributed by atoms with Gasteiger partial charge in [0.05, 0.1) is 12.3 Å². The predicted octanol–water partition coefficient (Wildman–Crippen LogP) is 6.43.